The van der Waals surface area contributed by atoms with Gasteiger partial charge < -0.3 is 15.0 Å². The number of likely N-dealkylation sites (tertiary alicyclic amines) is 1. The molecule has 1 saturated heterocycles. The number of rotatable bonds is 2. The zero-order valence-electron chi connectivity index (χ0n) is 14.9. The molecule has 1 N–H and O–H groups in total. The van der Waals surface area contributed by atoms with Crippen molar-refractivity contribution in [2.45, 2.75) is 45.3 Å². The van der Waals surface area contributed by atoms with Crippen LogP contribution in [-0.4, -0.2) is 40.7 Å². The van der Waals surface area contributed by atoms with E-state index in [9.17, 15) is 9.18 Å². The topological polar surface area (TPSA) is 54.5 Å². The van der Waals surface area contributed by atoms with E-state index in [1.54, 1.807) is 17.2 Å². The molecule has 3 rings (SSSR count). The maximum absolute atomic E-state index is 14.2. The Kier molecular flexibility index (Phi) is 4.79. The first-order valence-corrected chi connectivity index (χ1v) is 8.60. The number of carbonyl (C=O) groups is 1. The fourth-order valence-corrected chi connectivity index (χ4v) is 3.00. The predicted octanol–water partition coefficient (Wildman–Crippen LogP) is 4.19. The molecule has 1 aromatic heterocycles. The summed E-state index contributed by atoms with van der Waals surface area (Å²) in [6, 6.07) is 7.24. The quantitative estimate of drug-likeness (QED) is 0.887. The van der Waals surface area contributed by atoms with Crippen LogP contribution in [0.5, 0.6) is 0 Å². The van der Waals surface area contributed by atoms with Crippen molar-refractivity contribution in [3.8, 4) is 0 Å². The summed E-state index contributed by atoms with van der Waals surface area (Å²) in [5.41, 5.74) is 0.643. The van der Waals surface area contributed by atoms with Crippen molar-refractivity contribution < 1.29 is 13.9 Å². The molecule has 25 heavy (non-hydrogen) atoms. The zero-order valence-corrected chi connectivity index (χ0v) is 14.9. The van der Waals surface area contributed by atoms with Gasteiger partial charge in [-0.25, -0.2) is 9.18 Å². The Bertz CT molecular complexity index is 765. The highest BCUT2D eigenvalue weighted by atomic mass is 19.1. The molecule has 1 amide bonds. The number of benzene rings is 1. The highest BCUT2D eigenvalue weighted by molar-refractivity contribution is 5.82. The highest BCUT2D eigenvalue weighted by Gasteiger charge is 2.26. The first-order valence-electron chi connectivity index (χ1n) is 8.60. The number of hydrogen-bond acceptors (Lipinski definition) is 4. The number of anilines is 1. The van der Waals surface area contributed by atoms with Crippen LogP contribution in [0.3, 0.4) is 0 Å². The lowest BCUT2D eigenvalue weighted by atomic mass is 10.0. The summed E-state index contributed by atoms with van der Waals surface area (Å²) < 4.78 is 19.6. The number of halogens is 1. The largest absolute Gasteiger partial charge is 0.444 e. The van der Waals surface area contributed by atoms with Crippen LogP contribution in [0.2, 0.25) is 0 Å². The summed E-state index contributed by atoms with van der Waals surface area (Å²) in [5.74, 6) is -0.327. The summed E-state index contributed by atoms with van der Waals surface area (Å²) in [6.45, 7) is 6.85. The van der Waals surface area contributed by atoms with Gasteiger partial charge in [-0.05, 0) is 51.8 Å². The second kappa shape index (κ2) is 6.86. The molecule has 0 spiro atoms. The molecule has 2 aromatic rings. The van der Waals surface area contributed by atoms with E-state index >= 15 is 0 Å². The van der Waals surface area contributed by atoms with E-state index in [0.29, 0.717) is 18.6 Å². The van der Waals surface area contributed by atoms with E-state index in [1.807, 2.05) is 32.9 Å². The number of piperidine rings is 1. The Morgan fingerprint density at radius 2 is 2.04 bits per heavy atom. The van der Waals surface area contributed by atoms with E-state index in [2.05, 4.69) is 10.3 Å². The highest BCUT2D eigenvalue weighted by Crippen LogP contribution is 2.24. The average molecular weight is 345 g/mol. The smallest absolute Gasteiger partial charge is 0.410 e. The van der Waals surface area contributed by atoms with Crippen molar-refractivity contribution in [3.05, 3.63) is 36.3 Å². The lowest BCUT2D eigenvalue weighted by Gasteiger charge is -2.34. The molecule has 134 valence electrons. The molecule has 0 atom stereocenters. The third-order valence-electron chi connectivity index (χ3n) is 4.18. The maximum atomic E-state index is 14.2. The second-order valence-corrected chi connectivity index (χ2v) is 7.42. The minimum Gasteiger partial charge on any atom is -0.444 e. The molecule has 1 aliphatic rings. The molecule has 0 saturated carbocycles. The number of hydrogen-bond donors (Lipinski definition) is 1. The standard InChI is InChI=1S/C19H24FN3O2/c1-19(2,3)25-18(24)23-9-6-14(7-10-23)22-15-11-13-5-4-8-21-17(13)16(20)12-15/h4-5,8,11-12,14,22H,6-7,9-10H2,1-3H3. The number of aromatic nitrogens is 1. The van der Waals surface area contributed by atoms with Crippen LogP contribution >= 0.6 is 0 Å². The van der Waals surface area contributed by atoms with Gasteiger partial charge in [-0.3, -0.25) is 4.98 Å². The number of amides is 1. The number of pyridine rings is 1. The van der Waals surface area contributed by atoms with Gasteiger partial charge in [0.1, 0.15) is 11.1 Å². The Balaban J connectivity index is 1.60. The molecule has 1 aliphatic heterocycles. The van der Waals surface area contributed by atoms with Crippen LogP contribution in [-0.2, 0) is 4.74 Å². The summed E-state index contributed by atoms with van der Waals surface area (Å²) in [4.78, 5) is 17.9. The van der Waals surface area contributed by atoms with Gasteiger partial charge in [-0.2, -0.15) is 0 Å². The molecule has 1 fully saturated rings. The van der Waals surface area contributed by atoms with Gasteiger partial charge in [-0.15, -0.1) is 0 Å². The first-order chi connectivity index (χ1) is 11.8. The molecule has 0 radical (unpaired) electrons. The van der Waals surface area contributed by atoms with Gasteiger partial charge in [0.05, 0.1) is 0 Å². The van der Waals surface area contributed by atoms with E-state index in [-0.39, 0.29) is 18.0 Å². The molecular formula is C19H24FN3O2. The summed E-state index contributed by atoms with van der Waals surface area (Å²) >= 11 is 0. The Hall–Kier alpha value is -2.37. The lowest BCUT2D eigenvalue weighted by Crippen LogP contribution is -2.44. The summed E-state index contributed by atoms with van der Waals surface area (Å²) in [7, 11) is 0. The van der Waals surface area contributed by atoms with Crippen molar-refractivity contribution in [1.82, 2.24) is 9.88 Å². The molecule has 2 heterocycles. The maximum Gasteiger partial charge on any atom is 0.410 e. The van der Waals surface area contributed by atoms with Crippen LogP contribution < -0.4 is 5.32 Å². The van der Waals surface area contributed by atoms with Crippen LogP contribution in [0.4, 0.5) is 14.9 Å². The minimum absolute atomic E-state index is 0.201. The van der Waals surface area contributed by atoms with Gasteiger partial charge >= 0.3 is 6.09 Å². The number of nitrogens with zero attached hydrogens (tertiary/aromatic N) is 2. The Morgan fingerprint density at radius 3 is 2.72 bits per heavy atom. The van der Waals surface area contributed by atoms with Crippen molar-refractivity contribution >= 4 is 22.7 Å². The van der Waals surface area contributed by atoms with Crippen molar-refractivity contribution in [1.29, 1.82) is 0 Å². The molecule has 0 aliphatic carbocycles. The normalized spacial score (nSPS) is 16.1. The van der Waals surface area contributed by atoms with Crippen molar-refractivity contribution in [2.75, 3.05) is 18.4 Å². The Morgan fingerprint density at radius 1 is 1.32 bits per heavy atom. The molecule has 5 nitrogen and oxygen atoms in total. The number of fused-ring (bicyclic) bond motifs is 1. The molecule has 0 bridgehead atoms. The van der Waals surface area contributed by atoms with Gasteiger partial charge in [-0.1, -0.05) is 6.07 Å². The summed E-state index contributed by atoms with van der Waals surface area (Å²) in [5, 5.41) is 4.15. The number of carbonyl (C=O) groups excluding carboxylic acids is 1. The van der Waals surface area contributed by atoms with Gasteiger partial charge in [0.15, 0.2) is 5.82 Å². The number of nitrogens with one attached hydrogen (secondary N) is 1. The molecule has 1 aromatic carbocycles. The van der Waals surface area contributed by atoms with Crippen LogP contribution in [0.15, 0.2) is 30.5 Å². The van der Waals surface area contributed by atoms with Crippen molar-refractivity contribution in [2.24, 2.45) is 0 Å². The third kappa shape index (κ3) is 4.38. The molecule has 6 heteroatoms. The average Bonchev–Trinajstić information content (AvgIpc) is 2.54. The lowest BCUT2D eigenvalue weighted by molar-refractivity contribution is 0.0210. The zero-order chi connectivity index (χ0) is 18.0. The van der Waals surface area contributed by atoms with Gasteiger partial charge in [0, 0.05) is 36.4 Å². The first kappa shape index (κ1) is 17.5. The molecule has 0 unspecified atom stereocenters. The fourth-order valence-electron chi connectivity index (χ4n) is 3.00. The predicted molar refractivity (Wildman–Crippen MR) is 96.2 cm³/mol. The van der Waals surface area contributed by atoms with Gasteiger partial charge in [0.25, 0.3) is 0 Å². The molecular weight excluding hydrogens is 321 g/mol. The van der Waals surface area contributed by atoms with Crippen LogP contribution in [0, 0.1) is 5.82 Å². The van der Waals surface area contributed by atoms with E-state index in [4.69, 9.17) is 4.74 Å². The van der Waals surface area contributed by atoms with E-state index in [0.717, 1.165) is 23.9 Å². The van der Waals surface area contributed by atoms with Crippen LogP contribution in [0.1, 0.15) is 33.6 Å². The number of ether oxygens (including phenoxy) is 1. The summed E-state index contributed by atoms with van der Waals surface area (Å²) in [6.07, 6.45) is 2.91. The van der Waals surface area contributed by atoms with E-state index < -0.39 is 5.60 Å². The Labute approximate surface area is 147 Å². The third-order valence-corrected chi connectivity index (χ3v) is 4.18. The SMILES string of the molecule is CC(C)(C)OC(=O)N1CCC(Nc2cc(F)c3ncccc3c2)CC1. The van der Waals surface area contributed by atoms with Crippen molar-refractivity contribution in [3.63, 3.8) is 0 Å². The van der Waals surface area contributed by atoms with Crippen LogP contribution in [0.25, 0.3) is 10.9 Å². The second-order valence-electron chi connectivity index (χ2n) is 7.42. The monoisotopic (exact) mass is 345 g/mol. The van der Waals surface area contributed by atoms with Gasteiger partial charge in [0.2, 0.25) is 0 Å². The fraction of sp³-hybridized carbons (Fsp3) is 0.474. The van der Waals surface area contributed by atoms with E-state index in [1.165, 1.54) is 6.07 Å². The minimum atomic E-state index is -0.483.